The summed E-state index contributed by atoms with van der Waals surface area (Å²) in [6, 6.07) is 18.6. The van der Waals surface area contributed by atoms with Crippen molar-refractivity contribution in [2.75, 3.05) is 45.9 Å². The van der Waals surface area contributed by atoms with E-state index in [1.165, 1.54) is 11.1 Å². The van der Waals surface area contributed by atoms with Gasteiger partial charge in [0, 0.05) is 44.3 Å². The van der Waals surface area contributed by atoms with Crippen LogP contribution in [0.25, 0.3) is 0 Å². The van der Waals surface area contributed by atoms with E-state index in [9.17, 15) is 9.59 Å². The molecule has 33 heavy (non-hydrogen) atoms. The highest BCUT2D eigenvalue weighted by Gasteiger charge is 2.38. The standard InChI is InChI=1S/C25H29ClN4O3/c26-20-8-6-19(7-9-20)24(18-4-2-1-3-5-18)28-12-14-29(15-13-28)25(32)30-11-10-22-21(16-30)27-23(31)17-33-22/h1-9,21-22,24H,10-17H2,(H,27,31). The van der Waals surface area contributed by atoms with Crippen molar-refractivity contribution in [3.63, 3.8) is 0 Å². The number of piperazine rings is 1. The predicted molar refractivity (Wildman–Crippen MR) is 126 cm³/mol. The number of hydrogen-bond donors (Lipinski definition) is 1. The molecule has 3 aliphatic rings. The summed E-state index contributed by atoms with van der Waals surface area (Å²) in [6.45, 7) is 4.20. The normalized spacial score (nSPS) is 24.7. The summed E-state index contributed by atoms with van der Waals surface area (Å²) >= 11 is 6.13. The molecule has 174 valence electrons. The molecule has 1 N–H and O–H groups in total. The number of piperidine rings is 1. The minimum absolute atomic E-state index is 0.00889. The van der Waals surface area contributed by atoms with Crippen molar-refractivity contribution in [2.24, 2.45) is 0 Å². The van der Waals surface area contributed by atoms with Gasteiger partial charge in [0.2, 0.25) is 5.91 Å². The third kappa shape index (κ3) is 4.86. The molecule has 3 saturated heterocycles. The van der Waals surface area contributed by atoms with E-state index in [1.807, 2.05) is 28.0 Å². The van der Waals surface area contributed by atoms with Crippen molar-refractivity contribution < 1.29 is 14.3 Å². The minimum atomic E-state index is -0.113. The van der Waals surface area contributed by atoms with Crippen molar-refractivity contribution in [1.82, 2.24) is 20.0 Å². The van der Waals surface area contributed by atoms with E-state index in [4.69, 9.17) is 16.3 Å². The maximum Gasteiger partial charge on any atom is 0.320 e. The highest BCUT2D eigenvalue weighted by molar-refractivity contribution is 6.30. The third-order valence-corrected chi connectivity index (χ3v) is 7.10. The number of fused-ring (bicyclic) bond motifs is 1. The Morgan fingerprint density at radius 3 is 2.36 bits per heavy atom. The van der Waals surface area contributed by atoms with Crippen LogP contribution in [0.15, 0.2) is 54.6 Å². The molecule has 2 aromatic carbocycles. The van der Waals surface area contributed by atoms with E-state index in [0.29, 0.717) is 26.2 Å². The van der Waals surface area contributed by atoms with Gasteiger partial charge in [-0.25, -0.2) is 4.79 Å². The van der Waals surface area contributed by atoms with Crippen molar-refractivity contribution in [3.05, 3.63) is 70.7 Å². The molecular weight excluding hydrogens is 440 g/mol. The largest absolute Gasteiger partial charge is 0.366 e. The number of urea groups is 1. The molecule has 3 unspecified atom stereocenters. The van der Waals surface area contributed by atoms with Gasteiger partial charge in [-0.15, -0.1) is 0 Å². The zero-order valence-corrected chi connectivity index (χ0v) is 19.3. The van der Waals surface area contributed by atoms with Crippen LogP contribution in [0.1, 0.15) is 23.6 Å². The number of ether oxygens (including phenoxy) is 1. The van der Waals surface area contributed by atoms with Crippen LogP contribution in [-0.4, -0.2) is 84.7 Å². The molecule has 3 amide bonds. The Kier molecular flexibility index (Phi) is 6.53. The summed E-state index contributed by atoms with van der Waals surface area (Å²) in [5.74, 6) is -0.103. The minimum Gasteiger partial charge on any atom is -0.366 e. The molecular formula is C25H29ClN4O3. The molecule has 3 heterocycles. The van der Waals surface area contributed by atoms with Gasteiger partial charge in [-0.05, 0) is 29.7 Å². The summed E-state index contributed by atoms with van der Waals surface area (Å²) in [5.41, 5.74) is 2.43. The lowest BCUT2D eigenvalue weighted by Gasteiger charge is -2.44. The van der Waals surface area contributed by atoms with Crippen molar-refractivity contribution in [1.29, 1.82) is 0 Å². The summed E-state index contributed by atoms with van der Waals surface area (Å²) in [7, 11) is 0. The highest BCUT2D eigenvalue weighted by Crippen LogP contribution is 2.30. The van der Waals surface area contributed by atoms with Gasteiger partial charge in [0.05, 0.1) is 18.2 Å². The number of hydrogen-bond acceptors (Lipinski definition) is 4. The fraction of sp³-hybridized carbons (Fsp3) is 0.440. The molecule has 2 aromatic rings. The van der Waals surface area contributed by atoms with Crippen molar-refractivity contribution in [2.45, 2.75) is 24.6 Å². The van der Waals surface area contributed by atoms with Crippen LogP contribution >= 0.6 is 11.6 Å². The highest BCUT2D eigenvalue weighted by atomic mass is 35.5. The van der Waals surface area contributed by atoms with Gasteiger partial charge in [-0.1, -0.05) is 54.1 Å². The number of nitrogens with zero attached hydrogens (tertiary/aromatic N) is 3. The molecule has 0 aliphatic carbocycles. The van der Waals surface area contributed by atoms with Crippen molar-refractivity contribution >= 4 is 23.5 Å². The number of morpholine rings is 1. The van der Waals surface area contributed by atoms with Crippen LogP contribution in [0.4, 0.5) is 4.79 Å². The first-order valence-corrected chi connectivity index (χ1v) is 12.0. The number of amides is 3. The van der Waals surface area contributed by atoms with Crippen LogP contribution < -0.4 is 5.32 Å². The van der Waals surface area contributed by atoms with Gasteiger partial charge in [0.25, 0.3) is 0 Å². The topological polar surface area (TPSA) is 65.1 Å². The first-order valence-electron chi connectivity index (χ1n) is 11.6. The second-order valence-electron chi connectivity index (χ2n) is 8.93. The monoisotopic (exact) mass is 468 g/mol. The molecule has 0 saturated carbocycles. The molecule has 0 radical (unpaired) electrons. The number of likely N-dealkylation sites (tertiary alicyclic amines) is 1. The van der Waals surface area contributed by atoms with Gasteiger partial charge in [-0.3, -0.25) is 9.69 Å². The molecule has 3 atom stereocenters. The number of carbonyl (C=O) groups is 2. The van der Waals surface area contributed by atoms with Crippen molar-refractivity contribution in [3.8, 4) is 0 Å². The Labute approximate surface area is 199 Å². The van der Waals surface area contributed by atoms with Crippen LogP contribution in [0.3, 0.4) is 0 Å². The van der Waals surface area contributed by atoms with Crippen LogP contribution in [-0.2, 0) is 9.53 Å². The number of halogens is 1. The fourth-order valence-corrected chi connectivity index (χ4v) is 5.27. The molecule has 0 bridgehead atoms. The second kappa shape index (κ2) is 9.71. The Balaban J connectivity index is 1.25. The van der Waals surface area contributed by atoms with E-state index >= 15 is 0 Å². The maximum absolute atomic E-state index is 13.2. The van der Waals surface area contributed by atoms with Gasteiger partial charge in [-0.2, -0.15) is 0 Å². The van der Waals surface area contributed by atoms with Crippen LogP contribution in [0.5, 0.6) is 0 Å². The Morgan fingerprint density at radius 1 is 0.939 bits per heavy atom. The molecule has 0 aromatic heterocycles. The number of rotatable bonds is 3. The van der Waals surface area contributed by atoms with Gasteiger partial charge >= 0.3 is 6.03 Å². The lowest BCUT2D eigenvalue weighted by Crippen LogP contribution is -2.63. The second-order valence-corrected chi connectivity index (χ2v) is 9.36. The maximum atomic E-state index is 13.2. The molecule has 3 aliphatic heterocycles. The predicted octanol–water partition coefficient (Wildman–Crippen LogP) is 2.76. The lowest BCUT2D eigenvalue weighted by atomic mass is 9.96. The Hall–Kier alpha value is -2.61. The molecule has 7 nitrogen and oxygen atoms in total. The molecule has 3 fully saturated rings. The molecule has 8 heteroatoms. The number of benzene rings is 2. The van der Waals surface area contributed by atoms with E-state index in [-0.39, 0.29) is 36.7 Å². The quantitative estimate of drug-likeness (QED) is 0.752. The smallest absolute Gasteiger partial charge is 0.320 e. The van der Waals surface area contributed by atoms with E-state index in [0.717, 1.165) is 24.5 Å². The first-order chi connectivity index (χ1) is 16.1. The third-order valence-electron chi connectivity index (χ3n) is 6.85. The van der Waals surface area contributed by atoms with Crippen LogP contribution in [0.2, 0.25) is 5.02 Å². The summed E-state index contributed by atoms with van der Waals surface area (Å²) in [6.07, 6.45) is 0.762. The lowest BCUT2D eigenvalue weighted by molar-refractivity contribution is -0.139. The Morgan fingerprint density at radius 2 is 1.64 bits per heavy atom. The zero-order chi connectivity index (χ0) is 22.8. The van der Waals surface area contributed by atoms with Gasteiger partial charge in [0.1, 0.15) is 6.61 Å². The molecule has 5 rings (SSSR count). The zero-order valence-electron chi connectivity index (χ0n) is 18.5. The summed E-state index contributed by atoms with van der Waals surface area (Å²) < 4.78 is 5.62. The van der Waals surface area contributed by atoms with E-state index in [2.05, 4.69) is 46.6 Å². The summed E-state index contributed by atoms with van der Waals surface area (Å²) in [4.78, 5) is 31.1. The van der Waals surface area contributed by atoms with Gasteiger partial charge in [0.15, 0.2) is 0 Å². The first kappa shape index (κ1) is 22.2. The average molecular weight is 469 g/mol. The fourth-order valence-electron chi connectivity index (χ4n) is 5.14. The van der Waals surface area contributed by atoms with Crippen LogP contribution in [0, 0.1) is 0 Å². The SMILES string of the molecule is O=C1COC2CCN(C(=O)N3CCN(C(c4ccccc4)c4ccc(Cl)cc4)CC3)CC2N1. The van der Waals surface area contributed by atoms with E-state index in [1.54, 1.807) is 0 Å². The average Bonchev–Trinajstić information content (AvgIpc) is 2.85. The van der Waals surface area contributed by atoms with Gasteiger partial charge < -0.3 is 19.9 Å². The summed E-state index contributed by atoms with van der Waals surface area (Å²) in [5, 5.41) is 3.70. The number of carbonyl (C=O) groups excluding carboxylic acids is 2. The molecule has 0 spiro atoms. The number of nitrogens with one attached hydrogen (secondary N) is 1. The van der Waals surface area contributed by atoms with E-state index < -0.39 is 0 Å². The Bertz CT molecular complexity index is 979.